The lowest BCUT2D eigenvalue weighted by atomic mass is 9.87. The molecule has 1 aliphatic carbocycles. The molecule has 6 aromatic carbocycles. The van der Waals surface area contributed by atoms with Crippen molar-refractivity contribution in [3.8, 4) is 33.4 Å². The highest BCUT2D eigenvalue weighted by Crippen LogP contribution is 2.49. The zero-order chi connectivity index (χ0) is 26.6. The van der Waals surface area contributed by atoms with Gasteiger partial charge in [0.05, 0.1) is 6.57 Å². The van der Waals surface area contributed by atoms with Gasteiger partial charge < -0.3 is 4.42 Å². The summed E-state index contributed by atoms with van der Waals surface area (Å²) in [6, 6.07) is 46.7. The third kappa shape index (κ3) is 3.42. The number of hydrogen-bond acceptors (Lipinski definition) is 1. The van der Waals surface area contributed by atoms with E-state index < -0.39 is 0 Å². The molecule has 2 nitrogen and oxygen atoms in total. The quantitative estimate of drug-likeness (QED) is 0.217. The summed E-state index contributed by atoms with van der Waals surface area (Å²) >= 11 is 0. The maximum atomic E-state index is 7.89. The van der Waals surface area contributed by atoms with Crippen molar-refractivity contribution in [2.45, 2.75) is 5.92 Å². The van der Waals surface area contributed by atoms with Gasteiger partial charge in [-0.15, -0.1) is 0 Å². The van der Waals surface area contributed by atoms with Gasteiger partial charge in [0.15, 0.2) is 5.69 Å². The monoisotopic (exact) mass is 509 g/mol. The van der Waals surface area contributed by atoms with Crippen LogP contribution in [-0.2, 0) is 0 Å². The highest BCUT2D eigenvalue weighted by atomic mass is 16.3. The number of rotatable bonds is 3. The van der Waals surface area contributed by atoms with Crippen molar-refractivity contribution in [2.75, 3.05) is 0 Å². The summed E-state index contributed by atoms with van der Waals surface area (Å²) in [5.41, 5.74) is 13.0. The minimum Gasteiger partial charge on any atom is -0.455 e. The van der Waals surface area contributed by atoms with E-state index in [1.807, 2.05) is 12.1 Å². The first-order chi connectivity index (χ1) is 19.8. The van der Waals surface area contributed by atoms with E-state index in [-0.39, 0.29) is 5.92 Å². The Morgan fingerprint density at radius 2 is 1.23 bits per heavy atom. The van der Waals surface area contributed by atoms with Crippen molar-refractivity contribution < 1.29 is 4.42 Å². The number of para-hydroxylation sites is 1. The maximum Gasteiger partial charge on any atom is 0.188 e. The van der Waals surface area contributed by atoms with Gasteiger partial charge >= 0.3 is 0 Å². The van der Waals surface area contributed by atoms with E-state index in [9.17, 15) is 0 Å². The van der Waals surface area contributed by atoms with Crippen molar-refractivity contribution in [1.82, 2.24) is 0 Å². The number of furan rings is 1. The van der Waals surface area contributed by atoms with Crippen LogP contribution in [0.5, 0.6) is 0 Å². The van der Waals surface area contributed by atoms with E-state index in [1.165, 1.54) is 22.3 Å². The molecule has 8 rings (SSSR count). The first-order valence-electron chi connectivity index (χ1n) is 13.5. The smallest absolute Gasteiger partial charge is 0.188 e. The zero-order valence-corrected chi connectivity index (χ0v) is 21.6. The van der Waals surface area contributed by atoms with Crippen LogP contribution < -0.4 is 0 Å². The van der Waals surface area contributed by atoms with Gasteiger partial charge in [-0.05, 0) is 62.7 Å². The van der Waals surface area contributed by atoms with Gasteiger partial charge in [0.1, 0.15) is 11.2 Å². The molecule has 0 aliphatic heterocycles. The van der Waals surface area contributed by atoms with E-state index in [1.54, 1.807) is 0 Å². The standard InChI is InChI=1S/C38H23NO/c1-39-28-21-26(20-27(22-28)37-32-14-7-5-12-30(32)31-13-6-8-15-33(31)37)25-18-19-36-35(23-25)34-17-9-16-29(38(34)40-36)24-10-3-2-4-11-24/h2-23,37H. The SMILES string of the molecule is [C-]#[N+]c1cc(-c2ccc3oc4c(-c5ccccc5)cccc4c3c2)cc(C2c3ccccc3-c3ccccc32)c1. The number of hydrogen-bond donors (Lipinski definition) is 0. The maximum absolute atomic E-state index is 7.89. The highest BCUT2D eigenvalue weighted by molar-refractivity contribution is 6.10. The van der Waals surface area contributed by atoms with Gasteiger partial charge in [-0.2, -0.15) is 0 Å². The first-order valence-corrected chi connectivity index (χ1v) is 13.5. The van der Waals surface area contributed by atoms with Crippen LogP contribution in [0.2, 0.25) is 0 Å². The predicted octanol–water partition coefficient (Wildman–Crippen LogP) is 10.6. The molecule has 0 bridgehead atoms. The van der Waals surface area contributed by atoms with Gasteiger partial charge in [0.2, 0.25) is 0 Å². The molecule has 0 spiro atoms. The van der Waals surface area contributed by atoms with Gasteiger partial charge in [-0.1, -0.05) is 115 Å². The fourth-order valence-corrected chi connectivity index (χ4v) is 6.37. The average molecular weight is 510 g/mol. The second kappa shape index (κ2) is 8.83. The Labute approximate surface area is 232 Å². The van der Waals surface area contributed by atoms with Crippen LogP contribution in [-0.4, -0.2) is 0 Å². The lowest BCUT2D eigenvalue weighted by molar-refractivity contribution is 0.670. The van der Waals surface area contributed by atoms with Crippen LogP contribution in [0.4, 0.5) is 5.69 Å². The summed E-state index contributed by atoms with van der Waals surface area (Å²) < 4.78 is 6.41. The molecule has 40 heavy (non-hydrogen) atoms. The minimum absolute atomic E-state index is 0.0970. The third-order valence-corrected chi connectivity index (χ3v) is 8.15. The Balaban J connectivity index is 1.30. The molecule has 0 unspecified atom stereocenters. The Morgan fingerprint density at radius 3 is 1.98 bits per heavy atom. The largest absolute Gasteiger partial charge is 0.455 e. The Bertz CT molecular complexity index is 2080. The lowest BCUT2D eigenvalue weighted by Crippen LogP contribution is -1.99. The third-order valence-electron chi connectivity index (χ3n) is 8.15. The second-order valence-corrected chi connectivity index (χ2v) is 10.4. The molecule has 1 heterocycles. The van der Waals surface area contributed by atoms with E-state index in [0.29, 0.717) is 5.69 Å². The predicted molar refractivity (Wildman–Crippen MR) is 164 cm³/mol. The summed E-state index contributed by atoms with van der Waals surface area (Å²) in [5.74, 6) is 0.0970. The van der Waals surface area contributed by atoms with Crippen LogP contribution in [0.15, 0.2) is 138 Å². The number of fused-ring (bicyclic) bond motifs is 6. The van der Waals surface area contributed by atoms with Crippen LogP contribution in [0, 0.1) is 6.57 Å². The molecule has 186 valence electrons. The van der Waals surface area contributed by atoms with Crippen LogP contribution in [0.25, 0.3) is 60.2 Å². The number of nitrogens with zero attached hydrogens (tertiary/aromatic N) is 1. The molecule has 0 fully saturated rings. The van der Waals surface area contributed by atoms with Gasteiger partial charge in [-0.25, -0.2) is 4.85 Å². The van der Waals surface area contributed by atoms with E-state index in [4.69, 9.17) is 11.0 Å². The summed E-state index contributed by atoms with van der Waals surface area (Å²) in [6.07, 6.45) is 0. The Morgan fingerprint density at radius 1 is 0.525 bits per heavy atom. The van der Waals surface area contributed by atoms with Crippen LogP contribution >= 0.6 is 0 Å². The molecule has 1 aromatic heterocycles. The molecular weight excluding hydrogens is 486 g/mol. The molecule has 0 saturated carbocycles. The fraction of sp³-hybridized carbons (Fsp3) is 0.0263. The summed E-state index contributed by atoms with van der Waals surface area (Å²) in [4.78, 5) is 3.88. The van der Waals surface area contributed by atoms with Gasteiger partial charge in [0.25, 0.3) is 0 Å². The van der Waals surface area contributed by atoms with Crippen molar-refractivity contribution in [3.63, 3.8) is 0 Å². The van der Waals surface area contributed by atoms with E-state index in [2.05, 4.69) is 126 Å². The minimum atomic E-state index is 0.0970. The van der Waals surface area contributed by atoms with Crippen molar-refractivity contribution >= 4 is 27.6 Å². The average Bonchev–Trinajstić information content (AvgIpc) is 3.57. The molecule has 0 N–H and O–H groups in total. The molecule has 0 amide bonds. The zero-order valence-electron chi connectivity index (χ0n) is 21.6. The van der Waals surface area contributed by atoms with Crippen LogP contribution in [0.1, 0.15) is 22.6 Å². The molecule has 2 heteroatoms. The van der Waals surface area contributed by atoms with Crippen molar-refractivity contribution in [3.05, 3.63) is 162 Å². The fourth-order valence-electron chi connectivity index (χ4n) is 6.37. The topological polar surface area (TPSA) is 17.5 Å². The van der Waals surface area contributed by atoms with Gasteiger partial charge in [0, 0.05) is 22.3 Å². The summed E-state index contributed by atoms with van der Waals surface area (Å²) in [6.45, 7) is 7.89. The Kier molecular flexibility index (Phi) is 4.99. The van der Waals surface area contributed by atoms with Gasteiger partial charge in [-0.3, -0.25) is 0 Å². The van der Waals surface area contributed by atoms with Crippen molar-refractivity contribution in [2.24, 2.45) is 0 Å². The van der Waals surface area contributed by atoms with E-state index in [0.717, 1.165) is 49.8 Å². The molecule has 1 aliphatic rings. The molecular formula is C38H23NO. The summed E-state index contributed by atoms with van der Waals surface area (Å²) in [7, 11) is 0. The second-order valence-electron chi connectivity index (χ2n) is 10.4. The Hall–Kier alpha value is -5.39. The van der Waals surface area contributed by atoms with Crippen molar-refractivity contribution in [1.29, 1.82) is 0 Å². The number of benzene rings is 6. The summed E-state index contributed by atoms with van der Waals surface area (Å²) in [5, 5.41) is 2.18. The molecule has 7 aromatic rings. The molecule has 0 atom stereocenters. The van der Waals surface area contributed by atoms with E-state index >= 15 is 0 Å². The lowest BCUT2D eigenvalue weighted by Gasteiger charge is -2.17. The highest BCUT2D eigenvalue weighted by Gasteiger charge is 2.29. The molecule has 0 radical (unpaired) electrons. The van der Waals surface area contributed by atoms with Crippen LogP contribution in [0.3, 0.4) is 0 Å². The molecule has 0 saturated heterocycles. The normalized spacial score (nSPS) is 12.4. The first kappa shape index (κ1) is 22.6.